The molecule has 0 spiro atoms. The first-order valence-corrected chi connectivity index (χ1v) is 9.66. The second-order valence-electron chi connectivity index (χ2n) is 5.40. The molecule has 0 heterocycles. The van der Waals surface area contributed by atoms with E-state index >= 15 is 0 Å². The van der Waals surface area contributed by atoms with Gasteiger partial charge in [-0.3, -0.25) is 4.72 Å². The number of nitrogens with one attached hydrogen (secondary N) is 1. The van der Waals surface area contributed by atoms with Crippen LogP contribution in [0.1, 0.15) is 17.5 Å². The average Bonchev–Trinajstić information content (AvgIpc) is 2.87. The van der Waals surface area contributed by atoms with Crippen LogP contribution in [0.25, 0.3) is 0 Å². The molecule has 0 bridgehead atoms. The minimum Gasteiger partial charge on any atom is -0.455 e. The van der Waals surface area contributed by atoms with Gasteiger partial charge in [-0.25, -0.2) is 8.42 Å². The molecule has 4 nitrogen and oxygen atoms in total. The van der Waals surface area contributed by atoms with Crippen LogP contribution in [0.4, 0.5) is 5.69 Å². The summed E-state index contributed by atoms with van der Waals surface area (Å²) in [5.41, 5.74) is 2.91. The Labute approximate surface area is 138 Å². The van der Waals surface area contributed by atoms with Crippen LogP contribution in [0.2, 0.25) is 0 Å². The molecular formula is C16H16BrNO3S. The molecular weight excluding hydrogens is 366 g/mol. The summed E-state index contributed by atoms with van der Waals surface area (Å²) in [5.74, 6) is 1.20. The number of aryl methyl sites for hydroxylation is 2. The third-order valence-corrected chi connectivity index (χ3v) is 4.65. The molecule has 1 aliphatic carbocycles. The van der Waals surface area contributed by atoms with Crippen LogP contribution in [-0.2, 0) is 22.9 Å². The van der Waals surface area contributed by atoms with Gasteiger partial charge in [0.1, 0.15) is 5.75 Å². The highest BCUT2D eigenvalue weighted by atomic mass is 79.9. The molecule has 2 aromatic carbocycles. The molecule has 1 N–H and O–H groups in total. The van der Waals surface area contributed by atoms with Crippen LogP contribution in [0, 0.1) is 0 Å². The van der Waals surface area contributed by atoms with Crippen molar-refractivity contribution in [3.8, 4) is 11.5 Å². The van der Waals surface area contributed by atoms with Gasteiger partial charge in [-0.15, -0.1) is 0 Å². The minimum atomic E-state index is -3.35. The van der Waals surface area contributed by atoms with Gasteiger partial charge >= 0.3 is 0 Å². The van der Waals surface area contributed by atoms with E-state index in [9.17, 15) is 8.42 Å². The fourth-order valence-electron chi connectivity index (χ4n) is 2.60. The molecule has 0 aliphatic heterocycles. The summed E-state index contributed by atoms with van der Waals surface area (Å²) in [6.07, 6.45) is 4.22. The largest absolute Gasteiger partial charge is 0.455 e. The molecule has 0 saturated heterocycles. The van der Waals surface area contributed by atoms with Gasteiger partial charge < -0.3 is 4.74 Å². The van der Waals surface area contributed by atoms with Crippen molar-refractivity contribution in [1.82, 2.24) is 0 Å². The van der Waals surface area contributed by atoms with Gasteiger partial charge in [0.2, 0.25) is 10.0 Å². The van der Waals surface area contributed by atoms with Crippen molar-refractivity contribution in [1.29, 1.82) is 0 Å². The van der Waals surface area contributed by atoms with E-state index in [2.05, 4.69) is 20.7 Å². The molecule has 6 heteroatoms. The Morgan fingerprint density at radius 2 is 1.73 bits per heavy atom. The normalized spacial score (nSPS) is 13.7. The molecule has 0 saturated carbocycles. The lowest BCUT2D eigenvalue weighted by Gasteiger charge is -2.14. The van der Waals surface area contributed by atoms with Crippen molar-refractivity contribution < 1.29 is 13.2 Å². The third kappa shape index (κ3) is 3.62. The maximum absolute atomic E-state index is 11.6. The second-order valence-corrected chi connectivity index (χ2v) is 8.06. The Hall–Kier alpha value is -1.53. The number of benzene rings is 2. The standard InChI is InChI=1S/C16H16BrNO3S/c1-22(19,20)18-15-9-11-3-2-4-12(11)10-16(15)21-14-7-5-13(17)6-8-14/h5-10,18H,2-4H2,1H3. The Morgan fingerprint density at radius 1 is 1.09 bits per heavy atom. The Bertz CT molecular complexity index is 801. The molecule has 22 heavy (non-hydrogen) atoms. The van der Waals surface area contributed by atoms with Gasteiger partial charge in [0.25, 0.3) is 0 Å². The number of ether oxygens (including phenoxy) is 1. The highest BCUT2D eigenvalue weighted by Gasteiger charge is 2.18. The summed E-state index contributed by atoms with van der Waals surface area (Å²) in [6, 6.07) is 11.3. The quantitative estimate of drug-likeness (QED) is 0.866. The predicted octanol–water partition coefficient (Wildman–Crippen LogP) is 4.10. The summed E-state index contributed by atoms with van der Waals surface area (Å²) in [7, 11) is -3.35. The second kappa shape index (κ2) is 5.93. The van der Waals surface area contributed by atoms with Crippen molar-refractivity contribution in [3.05, 3.63) is 52.0 Å². The fraction of sp³-hybridized carbons (Fsp3) is 0.250. The number of hydrogen-bond donors (Lipinski definition) is 1. The molecule has 0 radical (unpaired) electrons. The van der Waals surface area contributed by atoms with Gasteiger partial charge in [-0.05, 0) is 66.8 Å². The van der Waals surface area contributed by atoms with Crippen LogP contribution in [0.3, 0.4) is 0 Å². The molecule has 0 unspecified atom stereocenters. The Morgan fingerprint density at radius 3 is 2.36 bits per heavy atom. The van der Waals surface area contributed by atoms with Crippen molar-refractivity contribution >= 4 is 31.6 Å². The summed E-state index contributed by atoms with van der Waals surface area (Å²) in [6.45, 7) is 0. The lowest BCUT2D eigenvalue weighted by atomic mass is 10.1. The number of anilines is 1. The molecule has 2 aromatic rings. The van der Waals surface area contributed by atoms with Crippen molar-refractivity contribution in [3.63, 3.8) is 0 Å². The highest BCUT2D eigenvalue weighted by Crippen LogP contribution is 2.36. The van der Waals surface area contributed by atoms with E-state index in [0.717, 1.165) is 30.0 Å². The molecule has 116 valence electrons. The average molecular weight is 382 g/mol. The lowest BCUT2D eigenvalue weighted by Crippen LogP contribution is -2.11. The first-order valence-electron chi connectivity index (χ1n) is 6.98. The Balaban J connectivity index is 1.99. The zero-order valence-corrected chi connectivity index (χ0v) is 14.5. The summed E-state index contributed by atoms with van der Waals surface area (Å²) >= 11 is 3.38. The maximum atomic E-state index is 11.6. The van der Waals surface area contributed by atoms with E-state index in [-0.39, 0.29) is 0 Å². The first-order chi connectivity index (χ1) is 10.4. The zero-order valence-electron chi connectivity index (χ0n) is 12.1. The van der Waals surface area contributed by atoms with Crippen molar-refractivity contribution in [2.75, 3.05) is 11.0 Å². The minimum absolute atomic E-state index is 0.492. The molecule has 3 rings (SSSR count). The van der Waals surface area contributed by atoms with Crippen LogP contribution in [0.15, 0.2) is 40.9 Å². The Kier molecular flexibility index (Phi) is 4.14. The van der Waals surface area contributed by atoms with E-state index in [4.69, 9.17) is 4.74 Å². The van der Waals surface area contributed by atoms with Crippen LogP contribution < -0.4 is 9.46 Å². The number of fused-ring (bicyclic) bond motifs is 1. The monoisotopic (exact) mass is 381 g/mol. The fourth-order valence-corrected chi connectivity index (χ4v) is 3.42. The van der Waals surface area contributed by atoms with Gasteiger partial charge in [-0.2, -0.15) is 0 Å². The van der Waals surface area contributed by atoms with Gasteiger partial charge in [0, 0.05) is 4.47 Å². The SMILES string of the molecule is CS(=O)(=O)Nc1cc2c(cc1Oc1ccc(Br)cc1)CCC2. The first kappa shape index (κ1) is 15.4. The summed E-state index contributed by atoms with van der Waals surface area (Å²) in [5, 5.41) is 0. The number of sulfonamides is 1. The predicted molar refractivity (Wildman–Crippen MR) is 91.1 cm³/mol. The molecule has 0 amide bonds. The van der Waals surface area contributed by atoms with Gasteiger partial charge in [0.15, 0.2) is 5.75 Å². The van der Waals surface area contributed by atoms with E-state index in [1.807, 2.05) is 36.4 Å². The van der Waals surface area contributed by atoms with Gasteiger partial charge in [0.05, 0.1) is 11.9 Å². The third-order valence-electron chi connectivity index (χ3n) is 3.53. The molecule has 0 fully saturated rings. The molecule has 0 atom stereocenters. The zero-order chi connectivity index (χ0) is 15.7. The van der Waals surface area contributed by atoms with Crippen LogP contribution in [0.5, 0.6) is 11.5 Å². The number of rotatable bonds is 4. The molecule has 1 aliphatic rings. The van der Waals surface area contributed by atoms with E-state index in [1.165, 1.54) is 11.1 Å². The summed E-state index contributed by atoms with van der Waals surface area (Å²) in [4.78, 5) is 0. The lowest BCUT2D eigenvalue weighted by molar-refractivity contribution is 0.484. The van der Waals surface area contributed by atoms with E-state index in [1.54, 1.807) is 0 Å². The topological polar surface area (TPSA) is 55.4 Å². The maximum Gasteiger partial charge on any atom is 0.229 e. The number of halogens is 1. The number of hydrogen-bond acceptors (Lipinski definition) is 3. The van der Waals surface area contributed by atoms with E-state index in [0.29, 0.717) is 17.2 Å². The van der Waals surface area contributed by atoms with Crippen molar-refractivity contribution in [2.45, 2.75) is 19.3 Å². The van der Waals surface area contributed by atoms with E-state index < -0.39 is 10.0 Å². The molecule has 0 aromatic heterocycles. The van der Waals surface area contributed by atoms with Gasteiger partial charge in [-0.1, -0.05) is 15.9 Å². The van der Waals surface area contributed by atoms with Crippen LogP contribution in [-0.4, -0.2) is 14.7 Å². The summed E-state index contributed by atoms with van der Waals surface area (Å²) < 4.78 is 32.6. The van der Waals surface area contributed by atoms with Crippen LogP contribution >= 0.6 is 15.9 Å². The smallest absolute Gasteiger partial charge is 0.229 e. The van der Waals surface area contributed by atoms with Crippen molar-refractivity contribution in [2.24, 2.45) is 0 Å². The highest BCUT2D eigenvalue weighted by molar-refractivity contribution is 9.10.